The van der Waals surface area contributed by atoms with Gasteiger partial charge < -0.3 is 14.9 Å². The molecule has 2 rings (SSSR count). The number of carboxylic acid groups (broad SMARTS) is 1. The lowest BCUT2D eigenvalue weighted by molar-refractivity contribution is 0.0685. The molecule has 0 atom stereocenters. The molecule has 8 heteroatoms. The van der Waals surface area contributed by atoms with Crippen LogP contribution in [0.25, 0.3) is 0 Å². The molecule has 0 aliphatic carbocycles. The number of rotatable bonds is 6. The van der Waals surface area contributed by atoms with Crippen molar-refractivity contribution < 1.29 is 24.5 Å². The number of aromatic carboxylic acids is 1. The van der Waals surface area contributed by atoms with E-state index in [4.69, 9.17) is 9.84 Å². The van der Waals surface area contributed by atoms with Gasteiger partial charge in [-0.3, -0.25) is 14.3 Å². The fraction of sp³-hybridized carbons (Fsp3) is 0.200. The Hall–Kier alpha value is -3.16. The standard InChI is InChI=1S/C15H14N2O6/c1-23-12-6-9(2-3-10(12)8-18)4-5-17-7-11(19)14(20)13(16-17)15(21)22/h2-3,6-8,19H,4-5H2,1H3,(H,21,22). The van der Waals surface area contributed by atoms with Crippen LogP contribution < -0.4 is 10.2 Å². The van der Waals surface area contributed by atoms with Crippen molar-refractivity contribution in [3.8, 4) is 11.5 Å². The van der Waals surface area contributed by atoms with Gasteiger partial charge in [0.2, 0.25) is 5.69 Å². The Morgan fingerprint density at radius 2 is 2.17 bits per heavy atom. The highest BCUT2D eigenvalue weighted by molar-refractivity contribution is 5.85. The number of hydrogen-bond donors (Lipinski definition) is 2. The Morgan fingerprint density at radius 1 is 1.43 bits per heavy atom. The number of methoxy groups -OCH3 is 1. The number of aromatic nitrogens is 2. The highest BCUT2D eigenvalue weighted by atomic mass is 16.5. The highest BCUT2D eigenvalue weighted by Gasteiger charge is 2.15. The lowest BCUT2D eigenvalue weighted by Gasteiger charge is -2.09. The minimum Gasteiger partial charge on any atom is -0.503 e. The van der Waals surface area contributed by atoms with Crippen molar-refractivity contribution in [2.75, 3.05) is 7.11 Å². The summed E-state index contributed by atoms with van der Waals surface area (Å²) in [5.41, 5.74) is -0.516. The number of carbonyl (C=O) groups excluding carboxylic acids is 1. The Bertz CT molecular complexity index is 812. The van der Waals surface area contributed by atoms with E-state index in [1.807, 2.05) is 0 Å². The zero-order chi connectivity index (χ0) is 17.0. The van der Waals surface area contributed by atoms with Gasteiger partial charge in [-0.05, 0) is 24.1 Å². The summed E-state index contributed by atoms with van der Waals surface area (Å²) < 4.78 is 6.28. The predicted octanol–water partition coefficient (Wildman–Crippen LogP) is 0.711. The largest absolute Gasteiger partial charge is 0.503 e. The van der Waals surface area contributed by atoms with E-state index in [2.05, 4.69) is 5.10 Å². The SMILES string of the molecule is COc1cc(CCn2cc(O)c(=O)c(C(=O)O)n2)ccc1C=O. The molecule has 0 bridgehead atoms. The molecule has 2 N–H and O–H groups in total. The van der Waals surface area contributed by atoms with E-state index in [1.54, 1.807) is 18.2 Å². The van der Waals surface area contributed by atoms with Crippen LogP contribution in [-0.2, 0) is 13.0 Å². The second-order valence-corrected chi connectivity index (χ2v) is 4.70. The number of hydrogen-bond acceptors (Lipinski definition) is 6. The van der Waals surface area contributed by atoms with E-state index in [9.17, 15) is 19.5 Å². The molecule has 0 aliphatic heterocycles. The number of carbonyl (C=O) groups is 2. The summed E-state index contributed by atoms with van der Waals surface area (Å²) in [6, 6.07) is 5.02. The number of ether oxygens (including phenoxy) is 1. The van der Waals surface area contributed by atoms with E-state index in [-0.39, 0.29) is 6.54 Å². The van der Waals surface area contributed by atoms with E-state index < -0.39 is 22.8 Å². The first-order valence-electron chi connectivity index (χ1n) is 6.62. The maximum atomic E-state index is 11.4. The second kappa shape index (κ2) is 6.73. The molecule has 2 aromatic rings. The van der Waals surface area contributed by atoms with Gasteiger partial charge in [0.05, 0.1) is 18.9 Å². The van der Waals surface area contributed by atoms with Gasteiger partial charge in [0.15, 0.2) is 12.0 Å². The van der Waals surface area contributed by atoms with Crippen molar-refractivity contribution in [1.82, 2.24) is 9.78 Å². The average molecular weight is 318 g/mol. The van der Waals surface area contributed by atoms with Crippen molar-refractivity contribution in [2.45, 2.75) is 13.0 Å². The Morgan fingerprint density at radius 3 is 2.78 bits per heavy atom. The van der Waals surface area contributed by atoms with Crippen LogP contribution in [0.5, 0.6) is 11.5 Å². The average Bonchev–Trinajstić information content (AvgIpc) is 2.55. The van der Waals surface area contributed by atoms with E-state index in [0.717, 1.165) is 11.8 Å². The third-order valence-electron chi connectivity index (χ3n) is 3.20. The highest BCUT2D eigenvalue weighted by Crippen LogP contribution is 2.19. The van der Waals surface area contributed by atoms with Gasteiger partial charge in [-0.1, -0.05) is 6.07 Å². The summed E-state index contributed by atoms with van der Waals surface area (Å²) in [7, 11) is 1.45. The monoisotopic (exact) mass is 318 g/mol. The van der Waals surface area contributed by atoms with E-state index in [0.29, 0.717) is 24.0 Å². The van der Waals surface area contributed by atoms with Crippen molar-refractivity contribution >= 4 is 12.3 Å². The second-order valence-electron chi connectivity index (χ2n) is 4.70. The molecule has 0 unspecified atom stereocenters. The molecule has 8 nitrogen and oxygen atoms in total. The van der Waals surface area contributed by atoms with Gasteiger partial charge >= 0.3 is 5.97 Å². The van der Waals surface area contributed by atoms with Crippen LogP contribution in [0.3, 0.4) is 0 Å². The first-order valence-corrected chi connectivity index (χ1v) is 6.62. The van der Waals surface area contributed by atoms with Crippen LogP contribution in [0.2, 0.25) is 0 Å². The van der Waals surface area contributed by atoms with Crippen LogP contribution >= 0.6 is 0 Å². The summed E-state index contributed by atoms with van der Waals surface area (Å²) in [6.07, 6.45) is 2.19. The lowest BCUT2D eigenvalue weighted by atomic mass is 10.1. The zero-order valence-electron chi connectivity index (χ0n) is 12.2. The summed E-state index contributed by atoms with van der Waals surface area (Å²) >= 11 is 0. The van der Waals surface area contributed by atoms with Crippen molar-refractivity contribution in [2.24, 2.45) is 0 Å². The molecular formula is C15H14N2O6. The third kappa shape index (κ3) is 3.54. The van der Waals surface area contributed by atoms with E-state index >= 15 is 0 Å². The summed E-state index contributed by atoms with van der Waals surface area (Å²) in [6.45, 7) is 0.234. The van der Waals surface area contributed by atoms with Gasteiger partial charge in [-0.2, -0.15) is 5.10 Å². The number of benzene rings is 1. The van der Waals surface area contributed by atoms with Crippen molar-refractivity contribution in [1.29, 1.82) is 0 Å². The molecule has 0 fully saturated rings. The number of aryl methyl sites for hydroxylation is 2. The maximum Gasteiger partial charge on any atom is 0.360 e. The summed E-state index contributed by atoms with van der Waals surface area (Å²) in [5.74, 6) is -1.75. The molecule has 0 saturated carbocycles. The first-order chi connectivity index (χ1) is 11.0. The Kier molecular flexibility index (Phi) is 4.75. The first kappa shape index (κ1) is 16.2. The summed E-state index contributed by atoms with van der Waals surface area (Å²) in [4.78, 5) is 33.2. The molecule has 23 heavy (non-hydrogen) atoms. The molecule has 0 radical (unpaired) electrons. The third-order valence-corrected chi connectivity index (χ3v) is 3.20. The maximum absolute atomic E-state index is 11.4. The Balaban J connectivity index is 2.23. The molecule has 1 aromatic heterocycles. The molecule has 0 amide bonds. The minimum absolute atomic E-state index is 0.234. The fourth-order valence-electron chi connectivity index (χ4n) is 2.03. The van der Waals surface area contributed by atoms with Crippen molar-refractivity contribution in [3.63, 3.8) is 0 Å². The van der Waals surface area contributed by atoms with Crippen LogP contribution in [0.1, 0.15) is 26.4 Å². The predicted molar refractivity (Wildman–Crippen MR) is 79.2 cm³/mol. The number of carboxylic acids is 1. The number of nitrogens with zero attached hydrogens (tertiary/aromatic N) is 2. The quantitative estimate of drug-likeness (QED) is 0.753. The summed E-state index contributed by atoms with van der Waals surface area (Å²) in [5, 5.41) is 22.1. The van der Waals surface area contributed by atoms with E-state index in [1.165, 1.54) is 11.8 Å². The molecule has 0 saturated heterocycles. The molecule has 120 valence electrons. The van der Waals surface area contributed by atoms with Crippen molar-refractivity contribution in [3.05, 3.63) is 51.4 Å². The smallest absolute Gasteiger partial charge is 0.360 e. The van der Waals surface area contributed by atoms with Crippen LogP contribution in [0, 0.1) is 0 Å². The molecule has 0 aliphatic rings. The van der Waals surface area contributed by atoms with Gasteiger partial charge in [0.1, 0.15) is 5.75 Å². The fourth-order valence-corrected chi connectivity index (χ4v) is 2.03. The molecule has 1 heterocycles. The van der Waals surface area contributed by atoms with Gasteiger partial charge in [0, 0.05) is 6.54 Å². The van der Waals surface area contributed by atoms with Gasteiger partial charge in [-0.25, -0.2) is 4.79 Å². The Labute approximate surface area is 130 Å². The topological polar surface area (TPSA) is 119 Å². The van der Waals surface area contributed by atoms with Crippen LogP contribution in [0.4, 0.5) is 0 Å². The molecule has 1 aromatic carbocycles. The number of aldehydes is 1. The van der Waals surface area contributed by atoms with Crippen LogP contribution in [-0.4, -0.2) is 39.4 Å². The van der Waals surface area contributed by atoms with Gasteiger partial charge in [0.25, 0.3) is 5.43 Å². The number of aromatic hydroxyl groups is 1. The zero-order valence-corrected chi connectivity index (χ0v) is 12.2. The molecular weight excluding hydrogens is 304 g/mol. The van der Waals surface area contributed by atoms with Gasteiger partial charge in [-0.15, -0.1) is 0 Å². The normalized spacial score (nSPS) is 10.3. The van der Waals surface area contributed by atoms with Crippen LogP contribution in [0.15, 0.2) is 29.2 Å². The lowest BCUT2D eigenvalue weighted by Crippen LogP contribution is -2.22. The minimum atomic E-state index is -1.50. The molecule has 0 spiro atoms.